The number of allylic oxidation sites excluding steroid dienone is 1. The molecule has 0 spiro atoms. The summed E-state index contributed by atoms with van der Waals surface area (Å²) in [4.78, 5) is 23.7. The van der Waals surface area contributed by atoms with Gasteiger partial charge in [-0.3, -0.25) is 9.59 Å². The normalized spacial score (nSPS) is 10.7. The van der Waals surface area contributed by atoms with Gasteiger partial charge >= 0.3 is 0 Å². The number of nitrogens with two attached hydrogens (primary N) is 1. The molecule has 0 radical (unpaired) electrons. The van der Waals surface area contributed by atoms with Gasteiger partial charge in [0.05, 0.1) is 10.5 Å². The second-order valence-electron chi connectivity index (χ2n) is 3.61. The molecule has 20 heavy (non-hydrogen) atoms. The van der Waals surface area contributed by atoms with Crippen molar-refractivity contribution in [1.82, 2.24) is 0 Å². The molecule has 0 atom stereocenters. The van der Waals surface area contributed by atoms with Crippen molar-refractivity contribution in [3.05, 3.63) is 40.0 Å². The molecule has 0 aliphatic heterocycles. The van der Waals surface area contributed by atoms with Crippen LogP contribution in [0.15, 0.2) is 38.7 Å². The van der Waals surface area contributed by atoms with Crippen molar-refractivity contribution < 1.29 is 14.0 Å². The molecule has 6 heteroatoms. The van der Waals surface area contributed by atoms with Gasteiger partial charge in [0.25, 0.3) is 5.91 Å². The molecule has 0 aliphatic rings. The van der Waals surface area contributed by atoms with Gasteiger partial charge in [0.2, 0.25) is 0 Å². The average molecular weight is 311 g/mol. The van der Waals surface area contributed by atoms with Crippen molar-refractivity contribution in [3.63, 3.8) is 0 Å². The van der Waals surface area contributed by atoms with E-state index in [1.165, 1.54) is 41.9 Å². The number of amides is 1. The van der Waals surface area contributed by atoms with Gasteiger partial charge in [0.1, 0.15) is 11.3 Å². The first-order valence-electron chi connectivity index (χ1n) is 6.15. The Morgan fingerprint density at radius 2 is 1.95 bits per heavy atom. The first kappa shape index (κ1) is 16.7. The molecule has 1 aromatic rings. The maximum atomic E-state index is 12.2. The summed E-state index contributed by atoms with van der Waals surface area (Å²) >= 11 is 2.91. The highest BCUT2D eigenvalue weighted by atomic mass is 32.2. The lowest BCUT2D eigenvalue weighted by Gasteiger charge is -2.08. The van der Waals surface area contributed by atoms with E-state index in [4.69, 9.17) is 10.2 Å². The summed E-state index contributed by atoms with van der Waals surface area (Å²) in [5, 5.41) is 0. The van der Waals surface area contributed by atoms with E-state index in [0.29, 0.717) is 10.00 Å². The van der Waals surface area contributed by atoms with Gasteiger partial charge in [-0.2, -0.15) is 0 Å². The minimum absolute atomic E-state index is 0.0477. The fraction of sp³-hybridized carbons (Fsp3) is 0.286. The summed E-state index contributed by atoms with van der Waals surface area (Å²) in [7, 11) is 0. The lowest BCUT2D eigenvalue weighted by atomic mass is 10.1. The van der Waals surface area contributed by atoms with Crippen LogP contribution in [0, 0.1) is 0 Å². The minimum Gasteiger partial charge on any atom is -0.465 e. The highest BCUT2D eigenvalue weighted by molar-refractivity contribution is 8.22. The zero-order valence-corrected chi connectivity index (χ0v) is 13.1. The maximum absolute atomic E-state index is 12.2. The van der Waals surface area contributed by atoms with E-state index in [0.717, 1.165) is 11.5 Å². The van der Waals surface area contributed by atoms with Gasteiger partial charge < -0.3 is 10.2 Å². The van der Waals surface area contributed by atoms with Crippen molar-refractivity contribution in [1.29, 1.82) is 0 Å². The fourth-order valence-corrected chi connectivity index (χ4v) is 3.65. The number of hydrogen-bond acceptors (Lipinski definition) is 5. The third-order valence-corrected chi connectivity index (χ3v) is 4.41. The highest BCUT2D eigenvalue weighted by Gasteiger charge is 2.19. The van der Waals surface area contributed by atoms with E-state index in [1.807, 2.05) is 13.8 Å². The topological polar surface area (TPSA) is 73.3 Å². The molecule has 1 heterocycles. The van der Waals surface area contributed by atoms with Crippen molar-refractivity contribution in [2.24, 2.45) is 5.73 Å². The van der Waals surface area contributed by atoms with E-state index < -0.39 is 11.7 Å². The quantitative estimate of drug-likeness (QED) is 0.454. The smallest absolute Gasteiger partial charge is 0.254 e. The Bertz CT molecular complexity index is 511. The minimum atomic E-state index is -0.698. The molecule has 1 rings (SSSR count). The van der Waals surface area contributed by atoms with E-state index >= 15 is 0 Å². The van der Waals surface area contributed by atoms with Crippen LogP contribution in [0.25, 0.3) is 6.08 Å². The number of carbonyl (C=O) groups is 2. The van der Waals surface area contributed by atoms with Crippen LogP contribution in [-0.2, 0) is 9.59 Å². The molecule has 0 aromatic carbocycles. The Kier molecular flexibility index (Phi) is 7.25. The average Bonchev–Trinajstić information content (AvgIpc) is 2.89. The van der Waals surface area contributed by atoms with Crippen LogP contribution in [0.4, 0.5) is 0 Å². The summed E-state index contributed by atoms with van der Waals surface area (Å²) in [6.07, 6.45) is 4.35. The third-order valence-electron chi connectivity index (χ3n) is 2.19. The molecule has 1 aromatic heterocycles. The molecule has 0 saturated carbocycles. The predicted octanol–water partition coefficient (Wildman–Crippen LogP) is 3.07. The number of rotatable bonds is 8. The summed E-state index contributed by atoms with van der Waals surface area (Å²) in [5.74, 6) is 1.000. The van der Waals surface area contributed by atoms with Gasteiger partial charge in [-0.25, -0.2) is 0 Å². The van der Waals surface area contributed by atoms with Crippen LogP contribution in [-0.4, -0.2) is 23.2 Å². The second kappa shape index (κ2) is 8.71. The molecule has 1 amide bonds. The predicted molar refractivity (Wildman–Crippen MR) is 85.2 cm³/mol. The van der Waals surface area contributed by atoms with Crippen LogP contribution >= 0.6 is 23.5 Å². The van der Waals surface area contributed by atoms with Gasteiger partial charge in [-0.05, 0) is 35.8 Å². The lowest BCUT2D eigenvalue weighted by molar-refractivity contribution is -0.118. The lowest BCUT2D eigenvalue weighted by Crippen LogP contribution is -2.20. The summed E-state index contributed by atoms with van der Waals surface area (Å²) in [6, 6.07) is 3.44. The Morgan fingerprint density at radius 1 is 1.30 bits per heavy atom. The molecule has 0 saturated heterocycles. The molecule has 2 N–H and O–H groups in total. The third kappa shape index (κ3) is 4.94. The first-order valence-corrected chi connectivity index (χ1v) is 8.12. The number of hydrogen-bond donors (Lipinski definition) is 1. The molecule has 0 unspecified atom stereocenters. The Hall–Kier alpha value is -1.40. The number of thioether (sulfide) groups is 2. The summed E-state index contributed by atoms with van der Waals surface area (Å²) in [5.41, 5.74) is 5.39. The Labute approximate surface area is 126 Å². The molecule has 0 aliphatic carbocycles. The van der Waals surface area contributed by atoms with Gasteiger partial charge in [0.15, 0.2) is 5.78 Å². The fourth-order valence-electron chi connectivity index (χ4n) is 1.40. The summed E-state index contributed by atoms with van der Waals surface area (Å²) in [6.45, 7) is 3.92. The summed E-state index contributed by atoms with van der Waals surface area (Å²) < 4.78 is 5.78. The van der Waals surface area contributed by atoms with E-state index in [9.17, 15) is 9.59 Å². The molecule has 0 fully saturated rings. The van der Waals surface area contributed by atoms with Crippen molar-refractivity contribution in [2.75, 3.05) is 11.5 Å². The number of ketones is 1. The van der Waals surface area contributed by atoms with E-state index in [2.05, 4.69) is 0 Å². The molecule has 0 bridgehead atoms. The number of furan rings is 1. The SMILES string of the molecule is CCSC(SCC)=C(C(N)=O)C(=O)/C=C/c1ccco1. The number of primary amides is 1. The van der Waals surface area contributed by atoms with Crippen LogP contribution in [0.5, 0.6) is 0 Å². The molecule has 4 nitrogen and oxygen atoms in total. The van der Waals surface area contributed by atoms with Crippen molar-refractivity contribution in [3.8, 4) is 0 Å². The van der Waals surface area contributed by atoms with E-state index in [1.54, 1.807) is 12.1 Å². The van der Waals surface area contributed by atoms with Gasteiger partial charge in [0, 0.05) is 0 Å². The van der Waals surface area contributed by atoms with Crippen molar-refractivity contribution in [2.45, 2.75) is 13.8 Å². The van der Waals surface area contributed by atoms with Crippen LogP contribution in [0.3, 0.4) is 0 Å². The molecular weight excluding hydrogens is 294 g/mol. The van der Waals surface area contributed by atoms with Crippen LogP contribution in [0.2, 0.25) is 0 Å². The monoisotopic (exact) mass is 311 g/mol. The molecular formula is C14H17NO3S2. The van der Waals surface area contributed by atoms with Gasteiger partial charge in [-0.15, -0.1) is 23.5 Å². The Balaban J connectivity index is 3.02. The standard InChI is InChI=1S/C14H17NO3S2/c1-3-19-14(20-4-2)12(13(15)17)11(16)8-7-10-6-5-9-18-10/h5-9H,3-4H2,1-2H3,(H2,15,17)/b8-7+. The Morgan fingerprint density at radius 3 is 2.40 bits per heavy atom. The second-order valence-corrected chi connectivity index (χ2v) is 6.41. The van der Waals surface area contributed by atoms with Gasteiger partial charge in [-0.1, -0.05) is 13.8 Å². The van der Waals surface area contributed by atoms with Crippen LogP contribution < -0.4 is 5.73 Å². The zero-order chi connectivity index (χ0) is 15.0. The molecule has 108 valence electrons. The number of carbonyl (C=O) groups excluding carboxylic acids is 2. The maximum Gasteiger partial charge on any atom is 0.254 e. The first-order chi connectivity index (χ1) is 9.60. The van der Waals surface area contributed by atoms with E-state index in [-0.39, 0.29) is 5.57 Å². The van der Waals surface area contributed by atoms with Crippen molar-refractivity contribution >= 4 is 41.3 Å². The zero-order valence-electron chi connectivity index (χ0n) is 11.4. The largest absolute Gasteiger partial charge is 0.465 e. The highest BCUT2D eigenvalue weighted by Crippen LogP contribution is 2.31. The van der Waals surface area contributed by atoms with Crippen LogP contribution in [0.1, 0.15) is 19.6 Å².